The number of hydrazone groups is 1. The van der Waals surface area contributed by atoms with Crippen LogP contribution in [0.3, 0.4) is 0 Å². The molecule has 1 heterocycles. The Balaban J connectivity index is 1.49. The van der Waals surface area contributed by atoms with Crippen LogP contribution in [0.25, 0.3) is 6.08 Å². The molecule has 36 heavy (non-hydrogen) atoms. The molecule has 1 amide bonds. The number of hydrogen-bond donors (Lipinski definition) is 0. The Bertz CT molecular complexity index is 1320. The second-order valence-electron chi connectivity index (χ2n) is 8.42. The fourth-order valence-corrected chi connectivity index (χ4v) is 4.20. The van der Waals surface area contributed by atoms with E-state index in [0.29, 0.717) is 53.3 Å². The fraction of sp³-hybridized carbons (Fsp3) is 0.241. The van der Waals surface area contributed by atoms with Gasteiger partial charge in [-0.25, -0.2) is 0 Å². The lowest BCUT2D eigenvalue weighted by Crippen LogP contribution is -2.21. The number of amides is 1. The Kier molecular flexibility index (Phi) is 7.96. The quantitative estimate of drug-likeness (QED) is 0.243. The molecule has 0 saturated carbocycles. The molecule has 1 aliphatic heterocycles. The molecule has 0 N–H and O–H groups in total. The largest absolute Gasteiger partial charge is 0.490 e. The number of benzene rings is 3. The second-order valence-corrected chi connectivity index (χ2v) is 8.83. The maximum absolute atomic E-state index is 13.1. The van der Waals surface area contributed by atoms with Crippen molar-refractivity contribution in [2.45, 2.75) is 27.7 Å². The molecular formula is C29H29ClN2O4. The van der Waals surface area contributed by atoms with E-state index in [1.54, 1.807) is 12.1 Å². The van der Waals surface area contributed by atoms with Crippen molar-refractivity contribution in [2.75, 3.05) is 24.8 Å². The zero-order valence-electron chi connectivity index (χ0n) is 20.9. The molecule has 0 aromatic heterocycles. The highest BCUT2D eigenvalue weighted by atomic mass is 35.5. The molecule has 0 atom stereocenters. The van der Waals surface area contributed by atoms with Gasteiger partial charge in [0.25, 0.3) is 5.91 Å². The van der Waals surface area contributed by atoms with Crippen LogP contribution in [0.15, 0.2) is 71.3 Å². The van der Waals surface area contributed by atoms with E-state index in [0.717, 1.165) is 16.9 Å². The third-order valence-electron chi connectivity index (χ3n) is 5.62. The number of rotatable bonds is 9. The van der Waals surface area contributed by atoms with Crippen molar-refractivity contribution in [3.63, 3.8) is 0 Å². The SMILES string of the molecule is CCOc1cc(C=C2C(=O)N(c3ccccc3)N=C2C)cc(Cl)c1OCCOc1ccc(C)cc1C. The van der Waals surface area contributed by atoms with Crippen LogP contribution in [0.1, 0.15) is 30.5 Å². The van der Waals surface area contributed by atoms with E-state index in [1.165, 1.54) is 10.6 Å². The number of hydrogen-bond acceptors (Lipinski definition) is 5. The summed E-state index contributed by atoms with van der Waals surface area (Å²) in [6, 6.07) is 18.9. The zero-order valence-corrected chi connectivity index (χ0v) is 21.6. The predicted octanol–water partition coefficient (Wildman–Crippen LogP) is 6.62. The lowest BCUT2D eigenvalue weighted by molar-refractivity contribution is -0.114. The molecule has 3 aromatic carbocycles. The van der Waals surface area contributed by atoms with E-state index in [4.69, 9.17) is 25.8 Å². The molecule has 0 radical (unpaired) electrons. The standard InChI is InChI=1S/C29H29ClN2O4/c1-5-34-27-18-22(16-24-21(4)31-32(29(24)33)23-9-7-6-8-10-23)17-25(30)28(27)36-14-13-35-26-12-11-19(2)15-20(26)3/h6-12,15-18H,5,13-14H2,1-4H3. The number of ether oxygens (including phenoxy) is 3. The molecule has 6 nitrogen and oxygen atoms in total. The first kappa shape index (κ1) is 25.3. The van der Waals surface area contributed by atoms with E-state index in [1.807, 2.05) is 76.2 Å². The number of para-hydroxylation sites is 1. The molecular weight excluding hydrogens is 476 g/mol. The predicted molar refractivity (Wildman–Crippen MR) is 145 cm³/mol. The first-order chi connectivity index (χ1) is 17.4. The van der Waals surface area contributed by atoms with Gasteiger partial charge in [0.2, 0.25) is 0 Å². The Labute approximate surface area is 216 Å². The van der Waals surface area contributed by atoms with Gasteiger partial charge in [0.05, 0.1) is 28.6 Å². The topological polar surface area (TPSA) is 60.4 Å². The van der Waals surface area contributed by atoms with Crippen LogP contribution in [0, 0.1) is 13.8 Å². The minimum Gasteiger partial charge on any atom is -0.490 e. The third kappa shape index (κ3) is 5.71. The molecule has 186 valence electrons. The minimum atomic E-state index is -0.198. The smallest absolute Gasteiger partial charge is 0.280 e. The summed E-state index contributed by atoms with van der Waals surface area (Å²) in [4.78, 5) is 13.1. The summed E-state index contributed by atoms with van der Waals surface area (Å²) < 4.78 is 17.6. The maximum atomic E-state index is 13.1. The van der Waals surface area contributed by atoms with Gasteiger partial charge in [-0.05, 0) is 75.2 Å². The first-order valence-corrected chi connectivity index (χ1v) is 12.2. The number of anilines is 1. The highest BCUT2D eigenvalue weighted by Crippen LogP contribution is 2.38. The summed E-state index contributed by atoms with van der Waals surface area (Å²) in [5.41, 5.74) is 4.81. The van der Waals surface area contributed by atoms with Gasteiger partial charge >= 0.3 is 0 Å². The fourth-order valence-electron chi connectivity index (χ4n) is 3.93. The summed E-state index contributed by atoms with van der Waals surface area (Å²) in [5, 5.41) is 6.22. The summed E-state index contributed by atoms with van der Waals surface area (Å²) >= 11 is 6.59. The number of carbonyl (C=O) groups excluding carboxylic acids is 1. The Hall–Kier alpha value is -3.77. The molecule has 0 aliphatic carbocycles. The zero-order chi connectivity index (χ0) is 25.7. The number of carbonyl (C=O) groups is 1. The normalized spacial score (nSPS) is 14.2. The Morgan fingerprint density at radius 1 is 0.917 bits per heavy atom. The van der Waals surface area contributed by atoms with Gasteiger partial charge in [-0.2, -0.15) is 10.1 Å². The van der Waals surface area contributed by atoms with Gasteiger partial charge < -0.3 is 14.2 Å². The van der Waals surface area contributed by atoms with Crippen molar-refractivity contribution in [2.24, 2.45) is 5.10 Å². The van der Waals surface area contributed by atoms with Crippen molar-refractivity contribution < 1.29 is 19.0 Å². The lowest BCUT2D eigenvalue weighted by Gasteiger charge is -2.16. The average Bonchev–Trinajstić information content (AvgIpc) is 3.13. The molecule has 7 heteroatoms. The van der Waals surface area contributed by atoms with Crippen molar-refractivity contribution in [1.82, 2.24) is 0 Å². The van der Waals surface area contributed by atoms with E-state index < -0.39 is 0 Å². The summed E-state index contributed by atoms with van der Waals surface area (Å²) in [7, 11) is 0. The second kappa shape index (κ2) is 11.3. The van der Waals surface area contributed by atoms with Crippen molar-refractivity contribution in [3.05, 3.63) is 87.9 Å². The number of aryl methyl sites for hydroxylation is 2. The molecule has 0 bridgehead atoms. The average molecular weight is 505 g/mol. The summed E-state index contributed by atoms with van der Waals surface area (Å²) in [6.45, 7) is 8.86. The summed E-state index contributed by atoms with van der Waals surface area (Å²) in [5.74, 6) is 1.57. The van der Waals surface area contributed by atoms with E-state index in [2.05, 4.69) is 11.2 Å². The van der Waals surface area contributed by atoms with Crippen LogP contribution in [-0.2, 0) is 4.79 Å². The van der Waals surface area contributed by atoms with Gasteiger partial charge in [0.1, 0.15) is 19.0 Å². The Morgan fingerprint density at radius 3 is 2.39 bits per heavy atom. The van der Waals surface area contributed by atoms with Gasteiger partial charge in [-0.3, -0.25) is 4.79 Å². The van der Waals surface area contributed by atoms with E-state index in [-0.39, 0.29) is 5.91 Å². The van der Waals surface area contributed by atoms with Crippen LogP contribution >= 0.6 is 11.6 Å². The van der Waals surface area contributed by atoms with E-state index in [9.17, 15) is 4.79 Å². The van der Waals surface area contributed by atoms with Crippen LogP contribution in [-0.4, -0.2) is 31.4 Å². The molecule has 0 saturated heterocycles. The third-order valence-corrected chi connectivity index (χ3v) is 5.90. The monoisotopic (exact) mass is 504 g/mol. The number of halogens is 1. The van der Waals surface area contributed by atoms with Gasteiger partial charge in [-0.15, -0.1) is 0 Å². The minimum absolute atomic E-state index is 0.198. The number of nitrogens with zero attached hydrogens (tertiary/aromatic N) is 2. The molecule has 0 fully saturated rings. The van der Waals surface area contributed by atoms with Crippen LogP contribution in [0.2, 0.25) is 5.02 Å². The highest BCUT2D eigenvalue weighted by molar-refractivity contribution is 6.33. The molecule has 0 unspecified atom stereocenters. The lowest BCUT2D eigenvalue weighted by atomic mass is 10.1. The van der Waals surface area contributed by atoms with Crippen LogP contribution < -0.4 is 19.2 Å². The van der Waals surface area contributed by atoms with Crippen molar-refractivity contribution in [3.8, 4) is 17.2 Å². The van der Waals surface area contributed by atoms with Crippen molar-refractivity contribution in [1.29, 1.82) is 0 Å². The summed E-state index contributed by atoms with van der Waals surface area (Å²) in [6.07, 6.45) is 1.77. The van der Waals surface area contributed by atoms with Crippen LogP contribution in [0.4, 0.5) is 5.69 Å². The molecule has 0 spiro atoms. The van der Waals surface area contributed by atoms with Gasteiger partial charge in [0.15, 0.2) is 11.5 Å². The van der Waals surface area contributed by atoms with E-state index >= 15 is 0 Å². The molecule has 3 aromatic rings. The van der Waals surface area contributed by atoms with Crippen molar-refractivity contribution >= 4 is 35.0 Å². The molecule has 1 aliphatic rings. The maximum Gasteiger partial charge on any atom is 0.280 e. The van der Waals surface area contributed by atoms with Crippen LogP contribution in [0.5, 0.6) is 17.2 Å². The Morgan fingerprint density at radius 2 is 1.67 bits per heavy atom. The van der Waals surface area contributed by atoms with Gasteiger partial charge in [-0.1, -0.05) is 47.5 Å². The first-order valence-electron chi connectivity index (χ1n) is 11.8. The van der Waals surface area contributed by atoms with Gasteiger partial charge in [0, 0.05) is 0 Å². The highest BCUT2D eigenvalue weighted by Gasteiger charge is 2.28. The molecule has 4 rings (SSSR count).